The van der Waals surface area contributed by atoms with Crippen LogP contribution < -0.4 is 5.32 Å². The van der Waals surface area contributed by atoms with Gasteiger partial charge in [-0.25, -0.2) is 0 Å². The maximum Gasteiger partial charge on any atom is 0.240 e. The lowest BCUT2D eigenvalue weighted by Crippen LogP contribution is -2.52. The number of hydrogen-bond acceptors (Lipinski definition) is 2. The van der Waals surface area contributed by atoms with Gasteiger partial charge in [0.1, 0.15) is 0 Å². The van der Waals surface area contributed by atoms with E-state index < -0.39 is 0 Å². The number of fused-ring (bicyclic) bond motifs is 1. The first-order valence-electron chi connectivity index (χ1n) is 7.59. The summed E-state index contributed by atoms with van der Waals surface area (Å²) in [7, 11) is 0. The van der Waals surface area contributed by atoms with Crippen molar-refractivity contribution in [2.45, 2.75) is 52.7 Å². The molecule has 2 rings (SSSR count). The number of amides is 1. The van der Waals surface area contributed by atoms with E-state index >= 15 is 0 Å². The van der Waals surface area contributed by atoms with Crippen LogP contribution in [0.1, 0.15) is 38.8 Å². The first kappa shape index (κ1) is 15.0. The van der Waals surface area contributed by atoms with E-state index in [1.54, 1.807) is 0 Å². The summed E-state index contributed by atoms with van der Waals surface area (Å²) in [6.45, 7) is 10.1. The van der Waals surface area contributed by atoms with Gasteiger partial charge in [0.15, 0.2) is 0 Å². The molecule has 1 amide bonds. The summed E-state index contributed by atoms with van der Waals surface area (Å²) in [5.74, 6) is 0.737. The second-order valence-electron chi connectivity index (χ2n) is 6.38. The Morgan fingerprint density at radius 2 is 1.90 bits per heavy atom. The monoisotopic (exact) mass is 274 g/mol. The van der Waals surface area contributed by atoms with Crippen LogP contribution in [0.5, 0.6) is 0 Å². The van der Waals surface area contributed by atoms with Crippen molar-refractivity contribution in [1.82, 2.24) is 10.2 Å². The number of nitrogens with one attached hydrogen (secondary N) is 1. The lowest BCUT2D eigenvalue weighted by molar-refractivity contribution is -0.136. The van der Waals surface area contributed by atoms with Crippen LogP contribution in [-0.2, 0) is 17.8 Å². The minimum Gasteiger partial charge on any atom is -0.339 e. The fourth-order valence-electron chi connectivity index (χ4n) is 2.78. The smallest absolute Gasteiger partial charge is 0.240 e. The predicted octanol–water partition coefficient (Wildman–Crippen LogP) is 2.59. The first-order chi connectivity index (χ1) is 9.49. The molecule has 1 heterocycles. The summed E-state index contributed by atoms with van der Waals surface area (Å²) in [6, 6.07) is 8.56. The van der Waals surface area contributed by atoms with Crippen LogP contribution in [0, 0.1) is 5.92 Å². The molecule has 3 nitrogen and oxygen atoms in total. The maximum absolute atomic E-state index is 12.7. The molecular weight excluding hydrogens is 248 g/mol. The molecule has 0 spiro atoms. The SMILES string of the molecule is CC(C)CN(C(=O)[C@@H]1Cc2ccccc2CN1)C(C)C. The van der Waals surface area contributed by atoms with Crippen LogP contribution in [0.2, 0.25) is 0 Å². The van der Waals surface area contributed by atoms with Gasteiger partial charge in [0.25, 0.3) is 0 Å². The first-order valence-corrected chi connectivity index (χ1v) is 7.59. The highest BCUT2D eigenvalue weighted by Gasteiger charge is 2.29. The molecule has 0 aromatic heterocycles. The van der Waals surface area contributed by atoms with Crippen LogP contribution in [0.3, 0.4) is 0 Å². The molecule has 3 heteroatoms. The molecular formula is C17H26N2O. The number of rotatable bonds is 4. The van der Waals surface area contributed by atoms with Crippen molar-refractivity contribution in [3.63, 3.8) is 0 Å². The number of nitrogens with zero attached hydrogens (tertiary/aromatic N) is 1. The third kappa shape index (κ3) is 3.40. The van der Waals surface area contributed by atoms with E-state index in [4.69, 9.17) is 0 Å². The molecule has 1 N–H and O–H groups in total. The molecule has 1 aliphatic rings. The Hall–Kier alpha value is -1.35. The normalized spacial score (nSPS) is 18.2. The van der Waals surface area contributed by atoms with Crippen molar-refractivity contribution < 1.29 is 4.79 Å². The topological polar surface area (TPSA) is 32.3 Å². The molecule has 0 radical (unpaired) electrons. The molecule has 1 atom stereocenters. The Kier molecular flexibility index (Phi) is 4.81. The number of benzene rings is 1. The van der Waals surface area contributed by atoms with E-state index in [1.165, 1.54) is 11.1 Å². The standard InChI is InChI=1S/C17H26N2O/c1-12(2)11-19(13(3)4)17(20)16-9-14-7-5-6-8-15(14)10-18-16/h5-8,12-13,16,18H,9-11H2,1-4H3/t16-/m0/s1. The van der Waals surface area contributed by atoms with Crippen molar-refractivity contribution in [1.29, 1.82) is 0 Å². The zero-order chi connectivity index (χ0) is 14.7. The quantitative estimate of drug-likeness (QED) is 0.915. The second kappa shape index (κ2) is 6.40. The molecule has 1 aromatic rings. The van der Waals surface area contributed by atoms with Gasteiger partial charge >= 0.3 is 0 Å². The molecule has 0 bridgehead atoms. The highest BCUT2D eigenvalue weighted by Crippen LogP contribution is 2.18. The highest BCUT2D eigenvalue weighted by atomic mass is 16.2. The molecule has 110 valence electrons. The summed E-state index contributed by atoms with van der Waals surface area (Å²) in [5, 5.41) is 3.39. The number of hydrogen-bond donors (Lipinski definition) is 1. The third-order valence-electron chi connectivity index (χ3n) is 3.85. The maximum atomic E-state index is 12.7. The van der Waals surface area contributed by atoms with E-state index in [1.807, 2.05) is 4.90 Å². The van der Waals surface area contributed by atoms with Gasteiger partial charge in [0, 0.05) is 19.1 Å². The van der Waals surface area contributed by atoms with Crippen LogP contribution in [0.4, 0.5) is 0 Å². The third-order valence-corrected chi connectivity index (χ3v) is 3.85. The largest absolute Gasteiger partial charge is 0.339 e. The minimum atomic E-state index is -0.0777. The van der Waals surface area contributed by atoms with Crippen LogP contribution in [0.15, 0.2) is 24.3 Å². The fraction of sp³-hybridized carbons (Fsp3) is 0.588. The summed E-state index contributed by atoms with van der Waals surface area (Å²) in [5.41, 5.74) is 2.62. The predicted molar refractivity (Wildman–Crippen MR) is 82.5 cm³/mol. The lowest BCUT2D eigenvalue weighted by atomic mass is 9.95. The average molecular weight is 274 g/mol. The Balaban J connectivity index is 2.10. The van der Waals surface area contributed by atoms with E-state index in [0.29, 0.717) is 5.92 Å². The van der Waals surface area contributed by atoms with Gasteiger partial charge in [0.05, 0.1) is 6.04 Å². The van der Waals surface area contributed by atoms with Gasteiger partial charge in [-0.3, -0.25) is 4.79 Å². The summed E-state index contributed by atoms with van der Waals surface area (Å²) >= 11 is 0. The van der Waals surface area contributed by atoms with Crippen LogP contribution in [0.25, 0.3) is 0 Å². The van der Waals surface area contributed by atoms with Crippen molar-refractivity contribution in [3.8, 4) is 0 Å². The summed E-state index contributed by atoms with van der Waals surface area (Å²) in [4.78, 5) is 14.8. The van der Waals surface area contributed by atoms with Crippen molar-refractivity contribution in [2.24, 2.45) is 5.92 Å². The Labute approximate surface area is 122 Å². The van der Waals surface area contributed by atoms with E-state index in [0.717, 1.165) is 19.5 Å². The average Bonchev–Trinajstić information content (AvgIpc) is 2.43. The van der Waals surface area contributed by atoms with Crippen molar-refractivity contribution >= 4 is 5.91 Å². The van der Waals surface area contributed by atoms with Gasteiger partial charge in [-0.05, 0) is 37.3 Å². The Morgan fingerprint density at radius 3 is 2.50 bits per heavy atom. The molecule has 0 saturated heterocycles. The van der Waals surface area contributed by atoms with Crippen LogP contribution in [-0.4, -0.2) is 29.4 Å². The van der Waals surface area contributed by atoms with E-state index in [-0.39, 0.29) is 18.0 Å². The zero-order valence-electron chi connectivity index (χ0n) is 13.0. The fourth-order valence-corrected chi connectivity index (χ4v) is 2.78. The lowest BCUT2D eigenvalue weighted by Gasteiger charge is -2.34. The molecule has 20 heavy (non-hydrogen) atoms. The summed E-state index contributed by atoms with van der Waals surface area (Å²) < 4.78 is 0. The zero-order valence-corrected chi connectivity index (χ0v) is 13.0. The Bertz CT molecular complexity index is 468. The van der Waals surface area contributed by atoms with Gasteiger partial charge < -0.3 is 10.2 Å². The van der Waals surface area contributed by atoms with Crippen molar-refractivity contribution in [3.05, 3.63) is 35.4 Å². The number of carbonyl (C=O) groups is 1. The molecule has 0 saturated carbocycles. The molecule has 1 aliphatic heterocycles. The second-order valence-corrected chi connectivity index (χ2v) is 6.38. The van der Waals surface area contributed by atoms with Crippen molar-refractivity contribution in [2.75, 3.05) is 6.54 Å². The van der Waals surface area contributed by atoms with Crippen LogP contribution >= 0.6 is 0 Å². The highest BCUT2D eigenvalue weighted by molar-refractivity contribution is 5.83. The van der Waals surface area contributed by atoms with Gasteiger partial charge in [-0.15, -0.1) is 0 Å². The van der Waals surface area contributed by atoms with Gasteiger partial charge in [0.2, 0.25) is 5.91 Å². The summed E-state index contributed by atoms with van der Waals surface area (Å²) in [6.07, 6.45) is 0.802. The van der Waals surface area contributed by atoms with E-state index in [9.17, 15) is 4.79 Å². The molecule has 0 fully saturated rings. The molecule has 0 aliphatic carbocycles. The van der Waals surface area contributed by atoms with Gasteiger partial charge in [-0.1, -0.05) is 38.1 Å². The Morgan fingerprint density at radius 1 is 1.25 bits per heavy atom. The molecule has 1 aromatic carbocycles. The minimum absolute atomic E-state index is 0.0777. The molecule has 0 unspecified atom stereocenters. The van der Waals surface area contributed by atoms with Gasteiger partial charge in [-0.2, -0.15) is 0 Å². The number of carbonyl (C=O) groups excluding carboxylic acids is 1. The van der Waals surface area contributed by atoms with E-state index in [2.05, 4.69) is 57.3 Å².